The number of ether oxygens (including phenoxy) is 2. The van der Waals surface area contributed by atoms with Gasteiger partial charge in [-0.2, -0.15) is 0 Å². The maximum absolute atomic E-state index is 5.57. The van der Waals surface area contributed by atoms with Crippen molar-refractivity contribution in [2.75, 3.05) is 39.5 Å². The van der Waals surface area contributed by atoms with Crippen LogP contribution in [0.1, 0.15) is 30.9 Å². The average molecular weight is 343 g/mol. The molecule has 0 fully saturated rings. The smallest absolute Gasteiger partial charge is 0.191 e. The molecule has 0 unspecified atom stereocenters. The van der Waals surface area contributed by atoms with E-state index < -0.39 is 0 Å². The molecule has 0 bridgehead atoms. The second-order valence-electron chi connectivity index (χ2n) is 6.42. The van der Waals surface area contributed by atoms with E-state index in [9.17, 15) is 0 Å². The van der Waals surface area contributed by atoms with Crippen molar-refractivity contribution in [1.82, 2.24) is 10.6 Å². The van der Waals surface area contributed by atoms with Gasteiger partial charge in [-0.25, -0.2) is 0 Å². The van der Waals surface area contributed by atoms with Gasteiger partial charge in [0.05, 0.1) is 19.8 Å². The molecule has 2 aliphatic heterocycles. The Balaban J connectivity index is 1.44. The number of hydrogen-bond donors (Lipinski definition) is 2. The lowest BCUT2D eigenvalue weighted by Gasteiger charge is -2.14. The summed E-state index contributed by atoms with van der Waals surface area (Å²) in [6, 6.07) is 6.53. The van der Waals surface area contributed by atoms with Crippen LogP contribution in [0.5, 0.6) is 5.75 Å². The predicted molar refractivity (Wildman–Crippen MR) is 101 cm³/mol. The van der Waals surface area contributed by atoms with E-state index in [0.717, 1.165) is 76.8 Å². The van der Waals surface area contributed by atoms with Crippen molar-refractivity contribution in [2.24, 2.45) is 4.99 Å². The first-order chi connectivity index (χ1) is 12.3. The van der Waals surface area contributed by atoms with Gasteiger partial charge in [0.25, 0.3) is 0 Å². The maximum Gasteiger partial charge on any atom is 0.191 e. The summed E-state index contributed by atoms with van der Waals surface area (Å²) in [5, 5.41) is 6.76. The number of benzene rings is 1. The van der Waals surface area contributed by atoms with E-state index in [-0.39, 0.29) is 0 Å². The number of hydrogen-bond acceptors (Lipinski definition) is 3. The summed E-state index contributed by atoms with van der Waals surface area (Å²) in [4.78, 5) is 4.69. The van der Waals surface area contributed by atoms with Gasteiger partial charge in [0, 0.05) is 26.1 Å². The van der Waals surface area contributed by atoms with Crippen LogP contribution in [0.15, 0.2) is 34.8 Å². The Bertz CT molecular complexity index is 625. The van der Waals surface area contributed by atoms with E-state index in [1.165, 1.54) is 16.7 Å². The lowest BCUT2D eigenvalue weighted by molar-refractivity contribution is 0.153. The lowest BCUT2D eigenvalue weighted by Crippen LogP contribution is -2.38. The number of rotatable bonds is 7. The topological polar surface area (TPSA) is 54.9 Å². The SMILES string of the molecule is CCNC(=NCCC1=CCOCC1)NCCc1ccc2c(c1)CCO2. The zero-order chi connectivity index (χ0) is 17.3. The molecule has 3 rings (SSSR count). The molecule has 25 heavy (non-hydrogen) atoms. The Hall–Kier alpha value is -2.01. The van der Waals surface area contributed by atoms with Crippen molar-refractivity contribution in [1.29, 1.82) is 0 Å². The van der Waals surface area contributed by atoms with Gasteiger partial charge in [-0.3, -0.25) is 4.99 Å². The molecule has 2 heterocycles. The summed E-state index contributed by atoms with van der Waals surface area (Å²) >= 11 is 0. The lowest BCUT2D eigenvalue weighted by atomic mass is 10.1. The number of fused-ring (bicyclic) bond motifs is 1. The largest absolute Gasteiger partial charge is 0.493 e. The number of guanidine groups is 1. The van der Waals surface area contributed by atoms with Gasteiger partial charge >= 0.3 is 0 Å². The second-order valence-corrected chi connectivity index (χ2v) is 6.42. The first-order valence-electron chi connectivity index (χ1n) is 9.37. The van der Waals surface area contributed by atoms with Gasteiger partial charge in [-0.15, -0.1) is 0 Å². The third kappa shape index (κ3) is 5.49. The monoisotopic (exact) mass is 343 g/mol. The summed E-state index contributed by atoms with van der Waals surface area (Å²) in [6.07, 6.45) is 6.27. The Kier molecular flexibility index (Phi) is 6.74. The van der Waals surface area contributed by atoms with Crippen molar-refractivity contribution >= 4 is 5.96 Å². The molecular weight excluding hydrogens is 314 g/mol. The third-order valence-corrected chi connectivity index (χ3v) is 4.56. The molecule has 136 valence electrons. The zero-order valence-corrected chi connectivity index (χ0v) is 15.1. The molecular formula is C20H29N3O2. The number of nitrogens with zero attached hydrogens (tertiary/aromatic N) is 1. The highest BCUT2D eigenvalue weighted by Crippen LogP contribution is 2.25. The maximum atomic E-state index is 5.57. The fraction of sp³-hybridized carbons (Fsp3) is 0.550. The minimum atomic E-state index is 0.753. The number of aliphatic imine (C=N–C) groups is 1. The van der Waals surface area contributed by atoms with Gasteiger partial charge in [-0.05, 0) is 43.4 Å². The molecule has 1 aromatic carbocycles. The standard InChI is InChI=1S/C20H29N3O2/c1-2-21-20(22-10-5-16-7-12-24-13-8-16)23-11-6-17-3-4-19-18(15-17)9-14-25-19/h3-4,7,15H,2,5-6,8-14H2,1H3,(H2,21,22,23). The highest BCUT2D eigenvalue weighted by molar-refractivity contribution is 5.79. The van der Waals surface area contributed by atoms with Crippen LogP contribution in [-0.2, 0) is 17.6 Å². The molecule has 2 aliphatic rings. The van der Waals surface area contributed by atoms with E-state index in [4.69, 9.17) is 9.47 Å². The van der Waals surface area contributed by atoms with Crippen LogP contribution in [0.3, 0.4) is 0 Å². The van der Waals surface area contributed by atoms with Crippen LogP contribution >= 0.6 is 0 Å². The molecule has 0 saturated carbocycles. The first kappa shape index (κ1) is 17.8. The van der Waals surface area contributed by atoms with Crippen molar-refractivity contribution in [2.45, 2.75) is 32.6 Å². The van der Waals surface area contributed by atoms with Gasteiger partial charge in [0.1, 0.15) is 5.75 Å². The fourth-order valence-corrected chi connectivity index (χ4v) is 3.17. The van der Waals surface area contributed by atoms with Crippen LogP contribution in [0.2, 0.25) is 0 Å². The Morgan fingerprint density at radius 1 is 1.16 bits per heavy atom. The molecule has 2 N–H and O–H groups in total. The molecule has 0 amide bonds. The van der Waals surface area contributed by atoms with Crippen LogP contribution in [0.25, 0.3) is 0 Å². The van der Waals surface area contributed by atoms with Crippen molar-refractivity contribution in [3.05, 3.63) is 41.0 Å². The first-order valence-corrected chi connectivity index (χ1v) is 9.37. The van der Waals surface area contributed by atoms with E-state index in [1.54, 1.807) is 0 Å². The highest BCUT2D eigenvalue weighted by atomic mass is 16.5. The Labute approximate surface area is 150 Å². The Morgan fingerprint density at radius 2 is 2.12 bits per heavy atom. The highest BCUT2D eigenvalue weighted by Gasteiger charge is 2.11. The molecule has 5 heteroatoms. The van der Waals surface area contributed by atoms with Gasteiger partial charge < -0.3 is 20.1 Å². The van der Waals surface area contributed by atoms with Crippen molar-refractivity contribution in [3.63, 3.8) is 0 Å². The van der Waals surface area contributed by atoms with Gasteiger partial charge in [0.2, 0.25) is 0 Å². The number of nitrogens with one attached hydrogen (secondary N) is 2. The third-order valence-electron chi connectivity index (χ3n) is 4.56. The summed E-state index contributed by atoms with van der Waals surface area (Å²) in [6.45, 7) is 7.08. The average Bonchev–Trinajstić information content (AvgIpc) is 3.10. The minimum absolute atomic E-state index is 0.753. The fourth-order valence-electron chi connectivity index (χ4n) is 3.17. The van der Waals surface area contributed by atoms with E-state index >= 15 is 0 Å². The van der Waals surface area contributed by atoms with E-state index in [0.29, 0.717) is 0 Å². The minimum Gasteiger partial charge on any atom is -0.493 e. The molecule has 5 nitrogen and oxygen atoms in total. The van der Waals surface area contributed by atoms with Crippen LogP contribution in [0.4, 0.5) is 0 Å². The predicted octanol–water partition coefficient (Wildman–Crippen LogP) is 2.46. The molecule has 0 saturated heterocycles. The van der Waals surface area contributed by atoms with E-state index in [1.807, 2.05) is 0 Å². The molecule has 0 spiro atoms. The van der Waals surface area contributed by atoms with Crippen LogP contribution in [0, 0.1) is 0 Å². The Morgan fingerprint density at radius 3 is 2.96 bits per heavy atom. The van der Waals surface area contributed by atoms with Gasteiger partial charge in [0.15, 0.2) is 5.96 Å². The zero-order valence-electron chi connectivity index (χ0n) is 15.1. The van der Waals surface area contributed by atoms with Crippen molar-refractivity contribution in [3.8, 4) is 5.75 Å². The summed E-state index contributed by atoms with van der Waals surface area (Å²) in [5.74, 6) is 1.95. The molecule has 0 atom stereocenters. The normalized spacial score (nSPS) is 16.8. The van der Waals surface area contributed by atoms with Gasteiger partial charge in [-0.1, -0.05) is 23.8 Å². The molecule has 0 aromatic heterocycles. The van der Waals surface area contributed by atoms with Crippen LogP contribution < -0.4 is 15.4 Å². The van der Waals surface area contributed by atoms with Crippen LogP contribution in [-0.4, -0.2) is 45.4 Å². The van der Waals surface area contributed by atoms with E-state index in [2.05, 4.69) is 46.8 Å². The summed E-state index contributed by atoms with van der Waals surface area (Å²) in [7, 11) is 0. The second kappa shape index (κ2) is 9.47. The quantitative estimate of drug-likeness (QED) is 0.454. The molecule has 1 aromatic rings. The molecule has 0 aliphatic carbocycles. The van der Waals surface area contributed by atoms with Crippen molar-refractivity contribution < 1.29 is 9.47 Å². The summed E-state index contributed by atoms with van der Waals surface area (Å²) in [5.41, 5.74) is 4.15. The summed E-state index contributed by atoms with van der Waals surface area (Å²) < 4.78 is 10.9. The molecule has 0 radical (unpaired) electrons.